The summed E-state index contributed by atoms with van der Waals surface area (Å²) in [5.41, 5.74) is 0. The molecule has 1 saturated heterocycles. The van der Waals surface area contributed by atoms with Crippen LogP contribution in [0.2, 0.25) is 0 Å². The maximum atomic E-state index is 12.9. The molecular weight excluding hydrogens is 324 g/mol. The number of hydrogen-bond donors (Lipinski definition) is 0. The van der Waals surface area contributed by atoms with Crippen LogP contribution in [0.25, 0.3) is 0 Å². The van der Waals surface area contributed by atoms with E-state index in [4.69, 9.17) is 4.74 Å². The van der Waals surface area contributed by atoms with Crippen molar-refractivity contribution in [3.8, 4) is 0 Å². The number of carbonyl (C=O) groups is 1. The molecule has 1 aliphatic rings. The summed E-state index contributed by atoms with van der Waals surface area (Å²) in [5, 5.41) is 7.71. The molecule has 6 nitrogen and oxygen atoms in total. The van der Waals surface area contributed by atoms with Gasteiger partial charge in [-0.2, -0.15) is 0 Å². The second-order valence-corrected chi connectivity index (χ2v) is 7.01. The SMILES string of the molecule is CCC(Sc1ccccc1)C(=O)N1CCOC(Cn2ccnn2)C1. The second kappa shape index (κ2) is 8.30. The number of aromatic nitrogens is 3. The summed E-state index contributed by atoms with van der Waals surface area (Å²) < 4.78 is 7.52. The zero-order valence-corrected chi connectivity index (χ0v) is 14.6. The van der Waals surface area contributed by atoms with Gasteiger partial charge in [-0.05, 0) is 18.6 Å². The number of carbonyl (C=O) groups excluding carboxylic acids is 1. The molecule has 128 valence electrons. The molecule has 0 saturated carbocycles. The van der Waals surface area contributed by atoms with E-state index in [2.05, 4.69) is 17.2 Å². The minimum atomic E-state index is -0.0579. The van der Waals surface area contributed by atoms with Crippen molar-refractivity contribution in [1.29, 1.82) is 0 Å². The Hall–Kier alpha value is -1.86. The Kier molecular flexibility index (Phi) is 5.87. The molecule has 2 heterocycles. The molecule has 3 rings (SSSR count). The van der Waals surface area contributed by atoms with Crippen molar-refractivity contribution < 1.29 is 9.53 Å². The molecule has 2 atom stereocenters. The van der Waals surface area contributed by atoms with E-state index in [1.54, 1.807) is 22.6 Å². The van der Waals surface area contributed by atoms with Gasteiger partial charge in [-0.25, -0.2) is 4.68 Å². The monoisotopic (exact) mass is 346 g/mol. The lowest BCUT2D eigenvalue weighted by Gasteiger charge is -2.34. The largest absolute Gasteiger partial charge is 0.373 e. The van der Waals surface area contributed by atoms with E-state index in [0.29, 0.717) is 26.2 Å². The van der Waals surface area contributed by atoms with Crippen LogP contribution in [0.1, 0.15) is 13.3 Å². The third-order valence-corrected chi connectivity index (χ3v) is 5.34. The fourth-order valence-corrected chi connectivity index (χ4v) is 3.80. The van der Waals surface area contributed by atoms with Crippen LogP contribution < -0.4 is 0 Å². The van der Waals surface area contributed by atoms with Crippen molar-refractivity contribution in [1.82, 2.24) is 19.9 Å². The van der Waals surface area contributed by atoms with Gasteiger partial charge in [-0.1, -0.05) is 30.3 Å². The molecule has 0 spiro atoms. The molecule has 0 radical (unpaired) electrons. The summed E-state index contributed by atoms with van der Waals surface area (Å²) in [4.78, 5) is 16.0. The molecular formula is C17H22N4O2S. The van der Waals surface area contributed by atoms with Gasteiger partial charge in [0.15, 0.2) is 0 Å². The van der Waals surface area contributed by atoms with E-state index in [1.165, 1.54) is 0 Å². The third kappa shape index (κ3) is 4.36. The van der Waals surface area contributed by atoms with Gasteiger partial charge in [0.25, 0.3) is 0 Å². The van der Waals surface area contributed by atoms with Gasteiger partial charge in [0.05, 0.1) is 30.7 Å². The summed E-state index contributed by atoms with van der Waals surface area (Å²) in [7, 11) is 0. The molecule has 1 fully saturated rings. The highest BCUT2D eigenvalue weighted by atomic mass is 32.2. The first kappa shape index (κ1) is 17.0. The standard InChI is InChI=1S/C17H22N4O2S/c1-2-16(24-15-6-4-3-5-7-15)17(22)20-10-11-23-14(12-20)13-21-9-8-18-19-21/h3-9,14,16H,2,10-13H2,1H3. The highest BCUT2D eigenvalue weighted by molar-refractivity contribution is 8.00. The Balaban J connectivity index is 1.60. The molecule has 1 aromatic heterocycles. The Morgan fingerprint density at radius 1 is 1.42 bits per heavy atom. The number of amides is 1. The Morgan fingerprint density at radius 3 is 2.96 bits per heavy atom. The van der Waals surface area contributed by atoms with Crippen molar-refractivity contribution in [2.75, 3.05) is 19.7 Å². The molecule has 0 aliphatic carbocycles. The zero-order chi connectivity index (χ0) is 16.8. The lowest BCUT2D eigenvalue weighted by atomic mass is 10.2. The van der Waals surface area contributed by atoms with Gasteiger partial charge >= 0.3 is 0 Å². The van der Waals surface area contributed by atoms with E-state index in [1.807, 2.05) is 41.4 Å². The fourth-order valence-electron chi connectivity index (χ4n) is 2.74. The number of morpholine rings is 1. The van der Waals surface area contributed by atoms with Crippen molar-refractivity contribution in [2.45, 2.75) is 36.1 Å². The summed E-state index contributed by atoms with van der Waals surface area (Å²) in [5.74, 6) is 0.193. The lowest BCUT2D eigenvalue weighted by molar-refractivity contribution is -0.138. The average Bonchev–Trinajstić information content (AvgIpc) is 3.13. The van der Waals surface area contributed by atoms with Crippen molar-refractivity contribution in [3.05, 3.63) is 42.7 Å². The Morgan fingerprint density at radius 2 is 2.25 bits per heavy atom. The van der Waals surface area contributed by atoms with E-state index >= 15 is 0 Å². The predicted molar refractivity (Wildman–Crippen MR) is 92.7 cm³/mol. The van der Waals surface area contributed by atoms with E-state index in [-0.39, 0.29) is 17.3 Å². The van der Waals surface area contributed by atoms with Gasteiger partial charge in [-0.15, -0.1) is 16.9 Å². The van der Waals surface area contributed by atoms with Crippen LogP contribution >= 0.6 is 11.8 Å². The number of thioether (sulfide) groups is 1. The van der Waals surface area contributed by atoms with Gasteiger partial charge in [0.1, 0.15) is 0 Å². The smallest absolute Gasteiger partial charge is 0.236 e. The van der Waals surface area contributed by atoms with Crippen LogP contribution in [-0.2, 0) is 16.1 Å². The summed E-state index contributed by atoms with van der Waals surface area (Å²) >= 11 is 1.64. The average molecular weight is 346 g/mol. The topological polar surface area (TPSA) is 60.2 Å². The number of nitrogens with zero attached hydrogens (tertiary/aromatic N) is 4. The first-order valence-corrected chi connectivity index (χ1v) is 9.10. The Labute approximate surface area is 146 Å². The lowest BCUT2D eigenvalue weighted by Crippen LogP contribution is -2.49. The minimum absolute atomic E-state index is 0.0383. The maximum Gasteiger partial charge on any atom is 0.236 e. The van der Waals surface area contributed by atoms with Crippen molar-refractivity contribution in [3.63, 3.8) is 0 Å². The van der Waals surface area contributed by atoms with Crippen LogP contribution in [0.5, 0.6) is 0 Å². The molecule has 0 bridgehead atoms. The summed E-state index contributed by atoms with van der Waals surface area (Å²) in [6.07, 6.45) is 4.23. The summed E-state index contributed by atoms with van der Waals surface area (Å²) in [6.45, 7) is 4.50. The molecule has 24 heavy (non-hydrogen) atoms. The van der Waals surface area contributed by atoms with Crippen molar-refractivity contribution in [2.24, 2.45) is 0 Å². The number of benzene rings is 1. The Bertz CT molecular complexity index is 635. The molecule has 2 unspecified atom stereocenters. The highest BCUT2D eigenvalue weighted by Gasteiger charge is 2.29. The molecule has 1 aromatic carbocycles. The minimum Gasteiger partial charge on any atom is -0.373 e. The maximum absolute atomic E-state index is 12.9. The van der Waals surface area contributed by atoms with Crippen LogP contribution in [-0.4, -0.2) is 56.9 Å². The third-order valence-electron chi connectivity index (χ3n) is 3.98. The number of hydrogen-bond acceptors (Lipinski definition) is 5. The molecule has 2 aromatic rings. The first-order valence-electron chi connectivity index (χ1n) is 8.22. The second-order valence-electron chi connectivity index (χ2n) is 5.73. The van der Waals surface area contributed by atoms with Crippen LogP contribution in [0.3, 0.4) is 0 Å². The molecule has 0 N–H and O–H groups in total. The van der Waals surface area contributed by atoms with E-state index in [9.17, 15) is 4.79 Å². The van der Waals surface area contributed by atoms with Gasteiger partial charge < -0.3 is 9.64 Å². The molecule has 1 amide bonds. The predicted octanol–water partition coefficient (Wildman–Crippen LogP) is 2.08. The van der Waals surface area contributed by atoms with Crippen LogP contribution in [0, 0.1) is 0 Å². The van der Waals surface area contributed by atoms with Crippen LogP contribution in [0.15, 0.2) is 47.6 Å². The highest BCUT2D eigenvalue weighted by Crippen LogP contribution is 2.27. The quantitative estimate of drug-likeness (QED) is 0.750. The molecule has 7 heteroatoms. The normalized spacial score (nSPS) is 19.2. The van der Waals surface area contributed by atoms with Crippen LogP contribution in [0.4, 0.5) is 0 Å². The van der Waals surface area contributed by atoms with Gasteiger partial charge in [-0.3, -0.25) is 4.79 Å². The fraction of sp³-hybridized carbons (Fsp3) is 0.471. The van der Waals surface area contributed by atoms with Crippen molar-refractivity contribution >= 4 is 17.7 Å². The summed E-state index contributed by atoms with van der Waals surface area (Å²) in [6, 6.07) is 10.1. The van der Waals surface area contributed by atoms with Gasteiger partial charge in [0.2, 0.25) is 5.91 Å². The number of rotatable bonds is 6. The van der Waals surface area contributed by atoms with E-state index in [0.717, 1.165) is 11.3 Å². The van der Waals surface area contributed by atoms with E-state index < -0.39 is 0 Å². The number of ether oxygens (including phenoxy) is 1. The van der Waals surface area contributed by atoms with Gasteiger partial charge in [0, 0.05) is 24.2 Å². The first-order chi connectivity index (χ1) is 11.8. The zero-order valence-electron chi connectivity index (χ0n) is 13.7. The molecule has 1 aliphatic heterocycles.